The number of hydrogen-bond donors (Lipinski definition) is 2. The summed E-state index contributed by atoms with van der Waals surface area (Å²) in [5, 5.41) is 9.83. The number of anilines is 3. The Balaban J connectivity index is 1.17. The molecular formula is C42H34N4O. The lowest BCUT2D eigenvalue weighted by Gasteiger charge is -2.19. The number of benzene rings is 6. The van der Waals surface area contributed by atoms with Crippen LogP contribution in [0.15, 0.2) is 127 Å². The van der Waals surface area contributed by atoms with Gasteiger partial charge in [0.25, 0.3) is 5.91 Å². The Hall–Kier alpha value is -5.81. The number of aromatic nitrogens is 2. The fourth-order valence-corrected chi connectivity index (χ4v) is 6.44. The molecule has 0 saturated carbocycles. The molecule has 0 bridgehead atoms. The van der Waals surface area contributed by atoms with Crippen LogP contribution < -0.4 is 10.6 Å². The molecule has 1 amide bonds. The van der Waals surface area contributed by atoms with E-state index in [1.165, 1.54) is 33.2 Å². The first-order valence-electron chi connectivity index (χ1n) is 16.0. The fraction of sp³-hybridized carbons (Fsp3) is 0.119. The van der Waals surface area contributed by atoms with Gasteiger partial charge in [-0.1, -0.05) is 99.6 Å². The van der Waals surface area contributed by atoms with Gasteiger partial charge in [-0.05, 0) is 99.0 Å². The van der Waals surface area contributed by atoms with Gasteiger partial charge in [-0.15, -0.1) is 0 Å². The number of nitrogens with one attached hydrogen (secondary N) is 2. The van der Waals surface area contributed by atoms with E-state index in [0.717, 1.165) is 34.0 Å². The highest BCUT2D eigenvalue weighted by Gasteiger charge is 2.19. The first-order valence-corrected chi connectivity index (χ1v) is 16.0. The Morgan fingerprint density at radius 3 is 2.23 bits per heavy atom. The minimum absolute atomic E-state index is 0.0191. The van der Waals surface area contributed by atoms with E-state index in [4.69, 9.17) is 9.97 Å². The minimum atomic E-state index is -0.161. The third kappa shape index (κ3) is 5.50. The maximum Gasteiger partial charge on any atom is 0.255 e. The highest BCUT2D eigenvalue weighted by molar-refractivity contribution is 6.06. The summed E-state index contributed by atoms with van der Waals surface area (Å²) >= 11 is 0. The van der Waals surface area contributed by atoms with Crippen molar-refractivity contribution in [1.29, 1.82) is 0 Å². The van der Waals surface area contributed by atoms with E-state index in [1.807, 2.05) is 54.6 Å². The molecule has 0 unspecified atom stereocenters. The van der Waals surface area contributed by atoms with Gasteiger partial charge in [0.2, 0.25) is 0 Å². The van der Waals surface area contributed by atoms with Crippen molar-refractivity contribution in [3.05, 3.63) is 150 Å². The summed E-state index contributed by atoms with van der Waals surface area (Å²) in [4.78, 5) is 23.3. The Kier molecular flexibility index (Phi) is 6.84. The van der Waals surface area contributed by atoms with Crippen molar-refractivity contribution in [3.8, 4) is 22.5 Å². The standard InChI is InChI=1S/C42H34N4O/c1-42(2,3)32-16-14-27(15-17-32)41(47)44-34-19-21-38-37(25-34)40(46-39(45-38)30-13-12-26-8-4-5-9-28(26)22-30)43-33-18-20-36-31(24-33)23-29-10-6-7-11-35(29)36/h4-22,24-25H,23H2,1-3H3,(H,44,47)(H,43,45,46). The smallest absolute Gasteiger partial charge is 0.255 e. The first kappa shape index (κ1) is 28.6. The Bertz CT molecular complexity index is 2330. The molecule has 5 heteroatoms. The van der Waals surface area contributed by atoms with Crippen molar-refractivity contribution in [2.75, 3.05) is 10.6 Å². The van der Waals surface area contributed by atoms with E-state index in [0.29, 0.717) is 22.9 Å². The molecule has 47 heavy (non-hydrogen) atoms. The SMILES string of the molecule is CC(C)(C)c1ccc(C(=O)Nc2ccc3nc(-c4ccc5ccccc5c4)nc(Nc4ccc5c(c4)Cc4ccccc4-5)c3c2)cc1. The van der Waals surface area contributed by atoms with Crippen LogP contribution in [-0.2, 0) is 11.8 Å². The van der Waals surface area contributed by atoms with Crippen molar-refractivity contribution in [3.63, 3.8) is 0 Å². The molecule has 2 N–H and O–H groups in total. The van der Waals surface area contributed by atoms with Crippen LogP contribution in [0, 0.1) is 0 Å². The fourth-order valence-electron chi connectivity index (χ4n) is 6.44. The lowest BCUT2D eigenvalue weighted by atomic mass is 9.87. The summed E-state index contributed by atoms with van der Waals surface area (Å²) in [6, 6.07) is 43.3. The molecule has 1 aliphatic carbocycles. The van der Waals surface area contributed by atoms with Gasteiger partial charge in [-0.3, -0.25) is 4.79 Å². The second-order valence-electron chi connectivity index (χ2n) is 13.3. The van der Waals surface area contributed by atoms with Crippen LogP contribution in [0.2, 0.25) is 0 Å². The van der Waals surface area contributed by atoms with E-state index >= 15 is 0 Å². The monoisotopic (exact) mass is 610 g/mol. The van der Waals surface area contributed by atoms with Gasteiger partial charge in [-0.25, -0.2) is 9.97 Å². The van der Waals surface area contributed by atoms with Gasteiger partial charge in [0.1, 0.15) is 5.82 Å². The Morgan fingerprint density at radius 2 is 1.40 bits per heavy atom. The number of nitrogens with zero attached hydrogens (tertiary/aromatic N) is 2. The number of carbonyl (C=O) groups excluding carboxylic acids is 1. The summed E-state index contributed by atoms with van der Waals surface area (Å²) in [5.74, 6) is 1.15. The molecule has 0 spiro atoms. The zero-order valence-corrected chi connectivity index (χ0v) is 26.6. The van der Waals surface area contributed by atoms with E-state index in [1.54, 1.807) is 0 Å². The van der Waals surface area contributed by atoms with Gasteiger partial charge in [-0.2, -0.15) is 0 Å². The molecule has 0 saturated heterocycles. The molecule has 0 aliphatic heterocycles. The van der Waals surface area contributed by atoms with E-state index in [2.05, 4.69) is 104 Å². The molecule has 0 atom stereocenters. The van der Waals surface area contributed by atoms with Crippen LogP contribution in [0.5, 0.6) is 0 Å². The number of rotatable bonds is 5. The molecule has 1 aliphatic rings. The second-order valence-corrected chi connectivity index (χ2v) is 13.3. The van der Waals surface area contributed by atoms with Crippen LogP contribution >= 0.6 is 0 Å². The van der Waals surface area contributed by atoms with Crippen molar-refractivity contribution in [2.24, 2.45) is 0 Å². The zero-order chi connectivity index (χ0) is 32.1. The summed E-state index contributed by atoms with van der Waals surface area (Å²) in [6.45, 7) is 6.49. The van der Waals surface area contributed by atoms with Gasteiger partial charge >= 0.3 is 0 Å². The molecule has 228 valence electrons. The molecule has 1 heterocycles. The number of hydrogen-bond acceptors (Lipinski definition) is 4. The van der Waals surface area contributed by atoms with Crippen molar-refractivity contribution >= 4 is 44.8 Å². The summed E-state index contributed by atoms with van der Waals surface area (Å²) < 4.78 is 0. The average molecular weight is 611 g/mol. The maximum atomic E-state index is 13.3. The van der Waals surface area contributed by atoms with Gasteiger partial charge in [0.15, 0.2) is 5.82 Å². The number of carbonyl (C=O) groups is 1. The van der Waals surface area contributed by atoms with Crippen LogP contribution in [0.25, 0.3) is 44.2 Å². The Labute approximate surface area is 274 Å². The molecule has 7 aromatic rings. The van der Waals surface area contributed by atoms with Gasteiger partial charge in [0, 0.05) is 27.9 Å². The largest absolute Gasteiger partial charge is 0.340 e. The Morgan fingerprint density at radius 1 is 0.660 bits per heavy atom. The predicted octanol–water partition coefficient (Wildman–Crippen LogP) is 10.3. The second kappa shape index (κ2) is 11.2. The molecule has 0 radical (unpaired) electrons. The highest BCUT2D eigenvalue weighted by Crippen LogP contribution is 2.39. The maximum absolute atomic E-state index is 13.3. The van der Waals surface area contributed by atoms with Crippen LogP contribution in [0.1, 0.15) is 47.8 Å². The van der Waals surface area contributed by atoms with Crippen LogP contribution in [-0.4, -0.2) is 15.9 Å². The lowest BCUT2D eigenvalue weighted by molar-refractivity contribution is 0.102. The normalized spacial score (nSPS) is 12.1. The third-order valence-electron chi connectivity index (χ3n) is 9.03. The third-order valence-corrected chi connectivity index (χ3v) is 9.03. The summed E-state index contributed by atoms with van der Waals surface area (Å²) in [6.07, 6.45) is 0.904. The molecular weight excluding hydrogens is 576 g/mol. The quantitative estimate of drug-likeness (QED) is 0.203. The topological polar surface area (TPSA) is 66.9 Å². The van der Waals surface area contributed by atoms with Crippen LogP contribution in [0.4, 0.5) is 17.2 Å². The number of fused-ring (bicyclic) bond motifs is 5. The predicted molar refractivity (Wildman–Crippen MR) is 194 cm³/mol. The molecule has 5 nitrogen and oxygen atoms in total. The highest BCUT2D eigenvalue weighted by atomic mass is 16.1. The summed E-state index contributed by atoms with van der Waals surface area (Å²) in [7, 11) is 0. The van der Waals surface area contributed by atoms with Crippen molar-refractivity contribution in [2.45, 2.75) is 32.6 Å². The molecule has 6 aromatic carbocycles. The zero-order valence-electron chi connectivity index (χ0n) is 26.6. The molecule has 0 fully saturated rings. The van der Waals surface area contributed by atoms with E-state index < -0.39 is 0 Å². The summed E-state index contributed by atoms with van der Waals surface area (Å²) in [5.41, 5.74) is 10.4. The lowest BCUT2D eigenvalue weighted by Crippen LogP contribution is -2.14. The van der Waals surface area contributed by atoms with E-state index in [-0.39, 0.29) is 11.3 Å². The molecule has 1 aromatic heterocycles. The van der Waals surface area contributed by atoms with Crippen molar-refractivity contribution in [1.82, 2.24) is 9.97 Å². The van der Waals surface area contributed by atoms with E-state index in [9.17, 15) is 4.79 Å². The van der Waals surface area contributed by atoms with Crippen molar-refractivity contribution < 1.29 is 4.79 Å². The van der Waals surface area contributed by atoms with Gasteiger partial charge < -0.3 is 10.6 Å². The number of amides is 1. The minimum Gasteiger partial charge on any atom is -0.340 e. The average Bonchev–Trinajstić information content (AvgIpc) is 3.45. The van der Waals surface area contributed by atoms with Crippen LogP contribution in [0.3, 0.4) is 0 Å². The first-order chi connectivity index (χ1) is 22.8. The molecule has 8 rings (SSSR count). The van der Waals surface area contributed by atoms with Gasteiger partial charge in [0.05, 0.1) is 5.52 Å².